The Morgan fingerprint density at radius 1 is 1.28 bits per heavy atom. The van der Waals surface area contributed by atoms with Crippen LogP contribution in [-0.2, 0) is 7.05 Å². The summed E-state index contributed by atoms with van der Waals surface area (Å²) in [6.07, 6.45) is 5.46. The molecule has 0 aliphatic carbocycles. The Bertz CT molecular complexity index is 741. The van der Waals surface area contributed by atoms with Crippen LogP contribution in [0.4, 0.5) is 5.82 Å². The number of nitrogens with two attached hydrogens (primary N) is 1. The topological polar surface area (TPSA) is 74.0 Å². The quantitative estimate of drug-likeness (QED) is 0.744. The highest BCUT2D eigenvalue weighted by Crippen LogP contribution is 2.28. The van der Waals surface area contributed by atoms with Gasteiger partial charge in [-0.3, -0.25) is 4.68 Å². The van der Waals surface area contributed by atoms with E-state index in [-0.39, 0.29) is 0 Å². The van der Waals surface area contributed by atoms with E-state index in [1.54, 1.807) is 21.6 Å². The molecule has 0 bridgehead atoms. The van der Waals surface area contributed by atoms with Crippen molar-refractivity contribution in [3.05, 3.63) is 28.8 Å². The number of anilines is 1. The van der Waals surface area contributed by atoms with Crippen molar-refractivity contribution in [2.75, 3.05) is 5.73 Å². The molecule has 3 rings (SSSR count). The molecule has 0 amide bonds. The second-order valence-electron chi connectivity index (χ2n) is 4.09. The average Bonchev–Trinajstić information content (AvgIpc) is 2.92. The number of halogens is 1. The number of nitrogens with zero attached hydrogens (tertiary/aromatic N) is 5. The van der Waals surface area contributed by atoms with Gasteiger partial charge in [-0.15, -0.1) is 0 Å². The number of fused-ring (bicyclic) bond motifs is 1. The first-order valence-electron chi connectivity index (χ1n) is 5.36. The molecule has 7 heteroatoms. The summed E-state index contributed by atoms with van der Waals surface area (Å²) in [5.41, 5.74) is 9.48. The zero-order chi connectivity index (χ0) is 12.9. The van der Waals surface area contributed by atoms with Crippen molar-refractivity contribution in [1.82, 2.24) is 24.4 Å². The van der Waals surface area contributed by atoms with Gasteiger partial charge >= 0.3 is 0 Å². The van der Waals surface area contributed by atoms with E-state index in [0.29, 0.717) is 5.82 Å². The predicted octanol–water partition coefficient (Wildman–Crippen LogP) is 1.78. The standard InChI is InChI=1S/C11H11BrN6/c1-6-9(12)10(13)18-11(16-6)8(4-15-18)7-3-14-17(2)5-7/h3-5H,13H2,1-2H3. The number of nitrogen functional groups attached to an aromatic ring is 1. The number of aromatic nitrogens is 5. The fourth-order valence-corrected chi connectivity index (χ4v) is 2.13. The van der Waals surface area contributed by atoms with Crippen molar-refractivity contribution >= 4 is 27.4 Å². The molecule has 0 aliphatic rings. The van der Waals surface area contributed by atoms with Crippen LogP contribution in [0.3, 0.4) is 0 Å². The van der Waals surface area contributed by atoms with Gasteiger partial charge in [-0.2, -0.15) is 14.7 Å². The van der Waals surface area contributed by atoms with Crippen molar-refractivity contribution in [3.63, 3.8) is 0 Å². The van der Waals surface area contributed by atoms with Crippen LogP contribution in [0, 0.1) is 6.92 Å². The van der Waals surface area contributed by atoms with Crippen molar-refractivity contribution < 1.29 is 0 Å². The second-order valence-corrected chi connectivity index (χ2v) is 4.89. The lowest BCUT2D eigenvalue weighted by molar-refractivity contribution is 0.768. The van der Waals surface area contributed by atoms with Crippen LogP contribution in [-0.4, -0.2) is 24.4 Å². The lowest BCUT2D eigenvalue weighted by Gasteiger charge is -2.05. The summed E-state index contributed by atoms with van der Waals surface area (Å²) in [7, 11) is 1.87. The van der Waals surface area contributed by atoms with E-state index < -0.39 is 0 Å². The monoisotopic (exact) mass is 306 g/mol. The highest BCUT2D eigenvalue weighted by Gasteiger charge is 2.14. The molecule has 0 spiro atoms. The molecule has 92 valence electrons. The van der Waals surface area contributed by atoms with Gasteiger partial charge in [-0.25, -0.2) is 4.98 Å². The fourth-order valence-electron chi connectivity index (χ4n) is 1.88. The van der Waals surface area contributed by atoms with Crippen LogP contribution < -0.4 is 5.73 Å². The highest BCUT2D eigenvalue weighted by atomic mass is 79.9. The molecule has 3 heterocycles. The molecule has 0 fully saturated rings. The van der Waals surface area contributed by atoms with Gasteiger partial charge < -0.3 is 5.73 Å². The minimum absolute atomic E-state index is 0.549. The van der Waals surface area contributed by atoms with Crippen molar-refractivity contribution in [3.8, 4) is 11.1 Å². The molecule has 18 heavy (non-hydrogen) atoms. The first-order chi connectivity index (χ1) is 8.58. The van der Waals surface area contributed by atoms with E-state index in [9.17, 15) is 0 Å². The molecule has 0 saturated carbocycles. The van der Waals surface area contributed by atoms with Crippen molar-refractivity contribution in [2.45, 2.75) is 6.92 Å². The molecule has 6 nitrogen and oxygen atoms in total. The maximum absolute atomic E-state index is 6.01. The average molecular weight is 307 g/mol. The Balaban J connectivity index is 2.33. The second kappa shape index (κ2) is 3.81. The van der Waals surface area contributed by atoms with Crippen LogP contribution in [0.25, 0.3) is 16.8 Å². The van der Waals surface area contributed by atoms with Crippen LogP contribution in [0.15, 0.2) is 23.1 Å². The third-order valence-electron chi connectivity index (χ3n) is 2.80. The van der Waals surface area contributed by atoms with E-state index >= 15 is 0 Å². The fraction of sp³-hybridized carbons (Fsp3) is 0.182. The summed E-state index contributed by atoms with van der Waals surface area (Å²) in [4.78, 5) is 4.52. The van der Waals surface area contributed by atoms with E-state index in [1.165, 1.54) is 0 Å². The van der Waals surface area contributed by atoms with Crippen molar-refractivity contribution in [1.29, 1.82) is 0 Å². The predicted molar refractivity (Wildman–Crippen MR) is 72.0 cm³/mol. The lowest BCUT2D eigenvalue weighted by atomic mass is 10.2. The smallest absolute Gasteiger partial charge is 0.165 e. The summed E-state index contributed by atoms with van der Waals surface area (Å²) < 4.78 is 4.14. The van der Waals surface area contributed by atoms with Gasteiger partial charge in [0.05, 0.1) is 22.6 Å². The van der Waals surface area contributed by atoms with Crippen LogP contribution in [0.2, 0.25) is 0 Å². The summed E-state index contributed by atoms with van der Waals surface area (Å²) in [5, 5.41) is 8.42. The largest absolute Gasteiger partial charge is 0.383 e. The SMILES string of the molecule is Cc1nc2c(-c3cnn(C)c3)cnn2c(N)c1Br. The molecular weight excluding hydrogens is 296 g/mol. The van der Waals surface area contributed by atoms with Crippen LogP contribution in [0.1, 0.15) is 5.69 Å². The molecule has 0 aliphatic heterocycles. The third kappa shape index (κ3) is 1.51. The van der Waals surface area contributed by atoms with E-state index in [0.717, 1.165) is 26.9 Å². The Morgan fingerprint density at radius 3 is 2.72 bits per heavy atom. The van der Waals surface area contributed by atoms with Gasteiger partial charge in [0, 0.05) is 24.4 Å². The molecule has 0 atom stereocenters. The molecule has 3 aromatic rings. The summed E-state index contributed by atoms with van der Waals surface area (Å²) in [5.74, 6) is 0.549. The van der Waals surface area contributed by atoms with Gasteiger partial charge in [0.2, 0.25) is 0 Å². The lowest BCUT2D eigenvalue weighted by Crippen LogP contribution is -2.03. The Kier molecular flexibility index (Phi) is 2.37. The number of aryl methyl sites for hydroxylation is 2. The molecule has 3 aromatic heterocycles. The zero-order valence-electron chi connectivity index (χ0n) is 9.92. The van der Waals surface area contributed by atoms with Crippen LogP contribution in [0.5, 0.6) is 0 Å². The first-order valence-corrected chi connectivity index (χ1v) is 6.15. The molecule has 2 N–H and O–H groups in total. The van der Waals surface area contributed by atoms with Gasteiger partial charge in [0.1, 0.15) is 5.82 Å². The molecule has 0 unspecified atom stereocenters. The highest BCUT2D eigenvalue weighted by molar-refractivity contribution is 9.10. The van der Waals surface area contributed by atoms with E-state index in [4.69, 9.17) is 5.73 Å². The molecular formula is C11H11BrN6. The summed E-state index contributed by atoms with van der Waals surface area (Å²) in [6.45, 7) is 1.90. The van der Waals surface area contributed by atoms with Gasteiger partial charge in [-0.05, 0) is 22.9 Å². The first kappa shape index (κ1) is 11.2. The summed E-state index contributed by atoms with van der Waals surface area (Å²) in [6, 6.07) is 0. The van der Waals surface area contributed by atoms with E-state index in [1.807, 2.05) is 20.2 Å². The number of rotatable bonds is 1. The Morgan fingerprint density at radius 2 is 2.06 bits per heavy atom. The Labute approximate surface area is 112 Å². The van der Waals surface area contributed by atoms with E-state index in [2.05, 4.69) is 31.1 Å². The zero-order valence-corrected chi connectivity index (χ0v) is 11.5. The van der Waals surface area contributed by atoms with Crippen molar-refractivity contribution in [2.24, 2.45) is 7.05 Å². The summed E-state index contributed by atoms with van der Waals surface area (Å²) >= 11 is 3.41. The molecule has 0 saturated heterocycles. The Hall–Kier alpha value is -1.89. The molecule has 0 aromatic carbocycles. The minimum atomic E-state index is 0.549. The van der Waals surface area contributed by atoms with Crippen LogP contribution >= 0.6 is 15.9 Å². The van der Waals surface area contributed by atoms with Gasteiger partial charge in [0.15, 0.2) is 5.65 Å². The maximum atomic E-state index is 6.01. The molecule has 0 radical (unpaired) electrons. The number of hydrogen-bond donors (Lipinski definition) is 1. The minimum Gasteiger partial charge on any atom is -0.383 e. The van der Waals surface area contributed by atoms with Gasteiger partial charge in [-0.1, -0.05) is 0 Å². The number of hydrogen-bond acceptors (Lipinski definition) is 4. The third-order valence-corrected chi connectivity index (χ3v) is 3.78. The normalized spacial score (nSPS) is 11.3. The van der Waals surface area contributed by atoms with Gasteiger partial charge in [0.25, 0.3) is 0 Å². The maximum Gasteiger partial charge on any atom is 0.165 e.